The summed E-state index contributed by atoms with van der Waals surface area (Å²) < 4.78 is 44.2. The zero-order valence-electron chi connectivity index (χ0n) is 13.0. The van der Waals surface area contributed by atoms with E-state index < -0.39 is 35.8 Å². The van der Waals surface area contributed by atoms with Gasteiger partial charge in [-0.2, -0.15) is 0 Å². The lowest BCUT2D eigenvalue weighted by Crippen LogP contribution is -2.54. The van der Waals surface area contributed by atoms with Gasteiger partial charge in [-0.3, -0.25) is 4.79 Å². The van der Waals surface area contributed by atoms with Gasteiger partial charge in [-0.15, -0.1) is 0 Å². The molecule has 0 saturated carbocycles. The molecule has 3 amide bonds. The van der Waals surface area contributed by atoms with Gasteiger partial charge in [-0.25, -0.2) is 18.0 Å². The highest BCUT2D eigenvalue weighted by Gasteiger charge is 2.29. The number of carbonyl (C=O) groups excluding carboxylic acids is 2. The lowest BCUT2D eigenvalue weighted by atomic mass is 10.1. The average molecular weight is 345 g/mol. The molecule has 2 rings (SSSR count). The van der Waals surface area contributed by atoms with Gasteiger partial charge >= 0.3 is 6.03 Å². The van der Waals surface area contributed by atoms with Crippen LogP contribution >= 0.6 is 0 Å². The molecular formula is C15H18F3N3O3. The van der Waals surface area contributed by atoms with Crippen LogP contribution in [0.4, 0.5) is 18.0 Å². The first-order valence-corrected chi connectivity index (χ1v) is 7.36. The molecule has 0 radical (unpaired) electrons. The van der Waals surface area contributed by atoms with E-state index in [1.165, 1.54) is 18.0 Å². The minimum atomic E-state index is -2.94. The fourth-order valence-electron chi connectivity index (χ4n) is 2.39. The van der Waals surface area contributed by atoms with Gasteiger partial charge in [0.1, 0.15) is 5.82 Å². The Morgan fingerprint density at radius 3 is 2.79 bits per heavy atom. The van der Waals surface area contributed by atoms with Crippen LogP contribution in [0.1, 0.15) is 22.3 Å². The predicted octanol–water partition coefficient (Wildman–Crippen LogP) is 1.53. The molecule has 1 heterocycles. The third-order valence-corrected chi connectivity index (χ3v) is 3.70. The maximum atomic E-state index is 13.7. The molecule has 6 nitrogen and oxygen atoms in total. The summed E-state index contributed by atoms with van der Waals surface area (Å²) in [5.74, 6) is -1.62. The summed E-state index contributed by atoms with van der Waals surface area (Å²) in [7, 11) is 1.46. The number of hydrogen-bond acceptors (Lipinski definition) is 3. The highest BCUT2D eigenvalue weighted by atomic mass is 19.3. The summed E-state index contributed by atoms with van der Waals surface area (Å²) in [4.78, 5) is 25.2. The number of amides is 3. The molecule has 0 unspecified atom stereocenters. The number of halogens is 3. The van der Waals surface area contributed by atoms with Gasteiger partial charge in [0.25, 0.3) is 12.3 Å². The minimum Gasteiger partial charge on any atom is -0.377 e. The van der Waals surface area contributed by atoms with E-state index in [0.717, 1.165) is 12.1 Å². The van der Waals surface area contributed by atoms with Crippen LogP contribution in [0.25, 0.3) is 0 Å². The molecule has 0 spiro atoms. The first-order valence-electron chi connectivity index (χ1n) is 7.36. The number of urea groups is 1. The standard InChI is InChI=1S/C15H18F3N3O3/c1-19-15(23)20-7-10-8-24-5-4-21(10)14(22)9-2-3-11(13(17)18)12(16)6-9/h2-3,6,10,13H,4-5,7-8H2,1H3,(H2,19,20,23)/t10-/m0/s1. The van der Waals surface area contributed by atoms with Gasteiger partial charge in [0.2, 0.25) is 0 Å². The molecule has 0 bridgehead atoms. The second-order valence-electron chi connectivity index (χ2n) is 5.22. The molecule has 1 atom stereocenters. The molecule has 1 aromatic carbocycles. The molecule has 0 aromatic heterocycles. The van der Waals surface area contributed by atoms with Crippen LogP contribution in [0.5, 0.6) is 0 Å². The smallest absolute Gasteiger partial charge is 0.314 e. The first kappa shape index (κ1) is 18.1. The Labute approximate surface area is 137 Å². The van der Waals surface area contributed by atoms with Crippen molar-refractivity contribution in [3.63, 3.8) is 0 Å². The molecule has 1 aliphatic heterocycles. The Morgan fingerprint density at radius 2 is 2.17 bits per heavy atom. The maximum absolute atomic E-state index is 13.7. The Kier molecular flexibility index (Phi) is 6.02. The number of nitrogens with one attached hydrogen (secondary N) is 2. The Morgan fingerprint density at radius 1 is 1.42 bits per heavy atom. The number of carbonyl (C=O) groups is 2. The highest BCUT2D eigenvalue weighted by molar-refractivity contribution is 5.94. The summed E-state index contributed by atoms with van der Waals surface area (Å²) in [5.41, 5.74) is -0.768. The lowest BCUT2D eigenvalue weighted by Gasteiger charge is -2.35. The SMILES string of the molecule is CNC(=O)NC[C@H]1COCCN1C(=O)c1ccc(C(F)F)c(F)c1. The van der Waals surface area contributed by atoms with Crippen LogP contribution in [0.2, 0.25) is 0 Å². The van der Waals surface area contributed by atoms with Crippen molar-refractivity contribution >= 4 is 11.9 Å². The normalized spacial score (nSPS) is 17.7. The fourth-order valence-corrected chi connectivity index (χ4v) is 2.39. The lowest BCUT2D eigenvalue weighted by molar-refractivity contribution is -0.000790. The topological polar surface area (TPSA) is 70.7 Å². The summed E-state index contributed by atoms with van der Waals surface area (Å²) in [6, 6.07) is 2.06. The number of rotatable bonds is 4. The Balaban J connectivity index is 2.13. The van der Waals surface area contributed by atoms with Crippen molar-refractivity contribution in [2.24, 2.45) is 0 Å². The molecule has 24 heavy (non-hydrogen) atoms. The van der Waals surface area contributed by atoms with Crippen LogP contribution in [0, 0.1) is 5.82 Å². The zero-order chi connectivity index (χ0) is 17.7. The summed E-state index contributed by atoms with van der Waals surface area (Å²) in [6.07, 6.45) is -2.94. The van der Waals surface area contributed by atoms with Crippen LogP contribution in [0.15, 0.2) is 18.2 Å². The van der Waals surface area contributed by atoms with Crippen molar-refractivity contribution in [2.45, 2.75) is 12.5 Å². The number of ether oxygens (including phenoxy) is 1. The monoisotopic (exact) mass is 345 g/mol. The summed E-state index contributed by atoms with van der Waals surface area (Å²) in [6.45, 7) is 0.938. The molecule has 132 valence electrons. The Bertz CT molecular complexity index is 613. The van der Waals surface area contributed by atoms with E-state index in [0.29, 0.717) is 6.61 Å². The van der Waals surface area contributed by atoms with Gasteiger partial charge in [-0.05, 0) is 18.2 Å². The van der Waals surface area contributed by atoms with Gasteiger partial charge < -0.3 is 20.3 Å². The molecule has 1 saturated heterocycles. The third kappa shape index (κ3) is 4.16. The molecule has 0 aliphatic carbocycles. The van der Waals surface area contributed by atoms with Crippen molar-refractivity contribution in [3.8, 4) is 0 Å². The van der Waals surface area contributed by atoms with Crippen LogP contribution in [0.3, 0.4) is 0 Å². The third-order valence-electron chi connectivity index (χ3n) is 3.70. The molecule has 1 fully saturated rings. The highest BCUT2D eigenvalue weighted by Crippen LogP contribution is 2.23. The van der Waals surface area contributed by atoms with Gasteiger partial charge in [-0.1, -0.05) is 0 Å². The number of hydrogen-bond donors (Lipinski definition) is 2. The number of benzene rings is 1. The number of morpholine rings is 1. The zero-order valence-corrected chi connectivity index (χ0v) is 13.0. The fraction of sp³-hybridized carbons (Fsp3) is 0.467. The summed E-state index contributed by atoms with van der Waals surface area (Å²) in [5, 5.41) is 4.97. The minimum absolute atomic E-state index is 0.0243. The van der Waals surface area contributed by atoms with Gasteiger partial charge in [0.05, 0.1) is 24.8 Å². The van der Waals surface area contributed by atoms with E-state index in [1.54, 1.807) is 0 Å². The van der Waals surface area contributed by atoms with Crippen molar-refractivity contribution in [1.29, 1.82) is 0 Å². The maximum Gasteiger partial charge on any atom is 0.314 e. The summed E-state index contributed by atoms with van der Waals surface area (Å²) >= 11 is 0. The second-order valence-corrected chi connectivity index (χ2v) is 5.22. The van der Waals surface area contributed by atoms with Crippen LogP contribution in [-0.2, 0) is 4.74 Å². The number of nitrogens with zero attached hydrogens (tertiary/aromatic N) is 1. The quantitative estimate of drug-likeness (QED) is 0.870. The van der Waals surface area contributed by atoms with Gasteiger partial charge in [0.15, 0.2) is 0 Å². The Hall–Kier alpha value is -2.29. The average Bonchev–Trinajstić information content (AvgIpc) is 2.58. The first-order chi connectivity index (χ1) is 11.4. The second kappa shape index (κ2) is 8.00. The molecule has 1 aromatic rings. The van der Waals surface area contributed by atoms with Crippen molar-refractivity contribution in [2.75, 3.05) is 33.4 Å². The van der Waals surface area contributed by atoms with Crippen LogP contribution < -0.4 is 10.6 Å². The van der Waals surface area contributed by atoms with E-state index in [4.69, 9.17) is 4.74 Å². The van der Waals surface area contributed by atoms with E-state index in [2.05, 4.69) is 10.6 Å². The largest absolute Gasteiger partial charge is 0.377 e. The van der Waals surface area contributed by atoms with Gasteiger partial charge in [0, 0.05) is 25.7 Å². The molecular weight excluding hydrogens is 327 g/mol. The van der Waals surface area contributed by atoms with Crippen molar-refractivity contribution in [3.05, 3.63) is 35.1 Å². The molecule has 9 heteroatoms. The van der Waals surface area contributed by atoms with Crippen molar-refractivity contribution < 1.29 is 27.5 Å². The van der Waals surface area contributed by atoms with E-state index in [-0.39, 0.29) is 25.3 Å². The van der Waals surface area contributed by atoms with E-state index in [9.17, 15) is 22.8 Å². The van der Waals surface area contributed by atoms with E-state index in [1.807, 2.05) is 0 Å². The van der Waals surface area contributed by atoms with Crippen molar-refractivity contribution in [1.82, 2.24) is 15.5 Å². The van der Waals surface area contributed by atoms with Crippen LogP contribution in [-0.4, -0.2) is 56.2 Å². The predicted molar refractivity (Wildman–Crippen MR) is 79.5 cm³/mol. The molecule has 2 N–H and O–H groups in total. The van der Waals surface area contributed by atoms with E-state index >= 15 is 0 Å². The number of alkyl halides is 2. The molecule has 1 aliphatic rings.